The second-order valence-corrected chi connectivity index (χ2v) is 0.957. The van der Waals surface area contributed by atoms with Gasteiger partial charge in [-0.05, 0) is 6.26 Å². The van der Waals surface area contributed by atoms with Gasteiger partial charge in [0.15, 0.2) is 0 Å². The summed E-state index contributed by atoms with van der Waals surface area (Å²) in [5, 5.41) is 2.90. The average Bonchev–Trinajstić information content (AvgIpc) is 2.30. The molecular formula is C4H9NS. The zero-order valence-corrected chi connectivity index (χ0v) is 4.76. The van der Waals surface area contributed by atoms with Gasteiger partial charge in [-0.2, -0.15) is 12.6 Å². The third kappa shape index (κ3) is 3.89. The van der Waals surface area contributed by atoms with Crippen LogP contribution in [0.25, 0.3) is 0 Å². The Morgan fingerprint density at radius 3 is 2.00 bits per heavy atom. The van der Waals surface area contributed by atoms with Gasteiger partial charge in [0, 0.05) is 5.70 Å². The van der Waals surface area contributed by atoms with Crippen LogP contribution in [0, 0.1) is 0 Å². The summed E-state index contributed by atoms with van der Waals surface area (Å²) >= 11 is 3.53. The van der Waals surface area contributed by atoms with Crippen LogP contribution < -0.4 is 5.32 Å². The lowest BCUT2D eigenvalue weighted by molar-refractivity contribution is 1.38. The Labute approximate surface area is 43.8 Å². The van der Waals surface area contributed by atoms with Crippen molar-refractivity contribution in [3.05, 3.63) is 12.3 Å². The van der Waals surface area contributed by atoms with Crippen LogP contribution in [0.3, 0.4) is 0 Å². The van der Waals surface area contributed by atoms with Crippen LogP contribution in [0.1, 0.15) is 0 Å². The lowest BCUT2D eigenvalue weighted by atomic mass is 10.8. The molecule has 6 heavy (non-hydrogen) atoms. The topological polar surface area (TPSA) is 21.9 Å². The minimum atomic E-state index is 1.04. The smallest absolute Gasteiger partial charge is 0.0539 e. The van der Waals surface area contributed by atoms with Gasteiger partial charge in [-0.1, -0.05) is 6.58 Å². The second-order valence-electron chi connectivity index (χ2n) is 0.957. The van der Waals surface area contributed by atoms with Crippen molar-refractivity contribution >= 4 is 12.6 Å². The van der Waals surface area contributed by atoms with Crippen molar-refractivity contribution in [2.45, 2.75) is 0 Å². The Balaban J connectivity index is 0.000000112. The molecule has 0 aromatic rings. The van der Waals surface area contributed by atoms with Gasteiger partial charge in [-0.15, -0.1) is 0 Å². The highest BCUT2D eigenvalue weighted by atomic mass is 32.1. The molecule has 2 heteroatoms. The molecule has 0 bridgehead atoms. The standard InChI is InChI=1S/C3H5N.CH4S/c1-3-2-4-3;1-2/h4H,1-2H2;2H,1H3. The molecule has 0 spiro atoms. The van der Waals surface area contributed by atoms with Crippen molar-refractivity contribution in [1.82, 2.24) is 5.32 Å². The molecule has 1 N–H and O–H groups in total. The monoisotopic (exact) mass is 103 g/mol. The van der Waals surface area contributed by atoms with Gasteiger partial charge in [-0.3, -0.25) is 0 Å². The van der Waals surface area contributed by atoms with Crippen LogP contribution in [0.2, 0.25) is 0 Å². The molecule has 0 amide bonds. The maximum Gasteiger partial charge on any atom is 0.0539 e. The third-order valence-corrected chi connectivity index (χ3v) is 0.427. The lowest BCUT2D eigenvalue weighted by Gasteiger charge is -1.37. The Bertz CT molecular complexity index is 45.5. The molecule has 1 rings (SSSR count). The first-order valence-corrected chi connectivity index (χ1v) is 2.65. The molecule has 36 valence electrons. The molecule has 1 aliphatic heterocycles. The first-order chi connectivity index (χ1) is 2.89. The summed E-state index contributed by atoms with van der Waals surface area (Å²) in [5.41, 5.74) is 1.17. The molecule has 1 saturated heterocycles. The highest BCUT2D eigenvalue weighted by Gasteiger charge is 2.00. The van der Waals surface area contributed by atoms with E-state index in [1.165, 1.54) is 5.70 Å². The maximum atomic E-state index is 3.56. The van der Waals surface area contributed by atoms with E-state index in [-0.39, 0.29) is 0 Å². The average molecular weight is 103 g/mol. The third-order valence-electron chi connectivity index (χ3n) is 0.427. The van der Waals surface area contributed by atoms with Crippen LogP contribution in [0.4, 0.5) is 0 Å². The van der Waals surface area contributed by atoms with Crippen LogP contribution in [-0.4, -0.2) is 12.8 Å². The SMILES string of the molecule is C=C1CN1.CS. The number of hydrogen-bond donors (Lipinski definition) is 2. The molecule has 1 nitrogen and oxygen atoms in total. The molecule has 1 heterocycles. The minimum Gasteiger partial charge on any atom is -0.382 e. The Kier molecular flexibility index (Phi) is 3.04. The molecule has 0 radical (unpaired) electrons. The normalized spacial score (nSPS) is 14.0. The van der Waals surface area contributed by atoms with Crippen molar-refractivity contribution in [3.8, 4) is 0 Å². The van der Waals surface area contributed by atoms with Crippen LogP contribution in [-0.2, 0) is 0 Å². The van der Waals surface area contributed by atoms with Crippen molar-refractivity contribution < 1.29 is 0 Å². The molecule has 0 atom stereocenters. The molecule has 0 aliphatic carbocycles. The van der Waals surface area contributed by atoms with Gasteiger partial charge in [0.25, 0.3) is 0 Å². The van der Waals surface area contributed by atoms with E-state index >= 15 is 0 Å². The maximum absolute atomic E-state index is 3.56. The summed E-state index contributed by atoms with van der Waals surface area (Å²) in [6.45, 7) is 4.60. The molecule has 0 aromatic heterocycles. The molecule has 1 fully saturated rings. The highest BCUT2D eigenvalue weighted by molar-refractivity contribution is 7.79. The first kappa shape index (κ1) is 5.89. The molecule has 0 unspecified atom stereocenters. The fraction of sp³-hybridized carbons (Fsp3) is 0.500. The Morgan fingerprint density at radius 1 is 1.83 bits per heavy atom. The van der Waals surface area contributed by atoms with E-state index in [2.05, 4.69) is 24.5 Å². The minimum absolute atomic E-state index is 1.04. The van der Waals surface area contributed by atoms with Crippen molar-refractivity contribution in [1.29, 1.82) is 0 Å². The molecular weight excluding hydrogens is 94.1 g/mol. The van der Waals surface area contributed by atoms with Crippen molar-refractivity contribution in [3.63, 3.8) is 0 Å². The predicted octanol–water partition coefficient (Wildman–Crippen LogP) is 0.649. The fourth-order valence-corrected chi connectivity index (χ4v) is 0.0625. The lowest BCUT2D eigenvalue weighted by Crippen LogP contribution is -1.55. The van der Waals surface area contributed by atoms with E-state index in [4.69, 9.17) is 0 Å². The Morgan fingerprint density at radius 2 is 2.00 bits per heavy atom. The van der Waals surface area contributed by atoms with Gasteiger partial charge in [0.1, 0.15) is 0 Å². The summed E-state index contributed by atoms with van der Waals surface area (Å²) in [4.78, 5) is 0. The van der Waals surface area contributed by atoms with E-state index < -0.39 is 0 Å². The van der Waals surface area contributed by atoms with E-state index in [0.29, 0.717) is 0 Å². The van der Waals surface area contributed by atoms with Crippen LogP contribution >= 0.6 is 12.6 Å². The van der Waals surface area contributed by atoms with E-state index in [1.54, 1.807) is 6.26 Å². The zero-order valence-electron chi connectivity index (χ0n) is 3.86. The molecule has 0 aromatic carbocycles. The molecule has 1 aliphatic rings. The summed E-state index contributed by atoms with van der Waals surface area (Å²) in [6, 6.07) is 0. The zero-order chi connectivity index (χ0) is 4.99. The van der Waals surface area contributed by atoms with E-state index in [9.17, 15) is 0 Å². The van der Waals surface area contributed by atoms with Gasteiger partial charge in [-0.25, -0.2) is 0 Å². The first-order valence-electron chi connectivity index (χ1n) is 1.76. The number of nitrogens with one attached hydrogen (secondary N) is 1. The summed E-state index contributed by atoms with van der Waals surface area (Å²) in [6.07, 6.45) is 1.69. The Hall–Kier alpha value is -0.110. The number of hydrogen-bond acceptors (Lipinski definition) is 2. The number of rotatable bonds is 0. The van der Waals surface area contributed by atoms with Crippen LogP contribution in [0.5, 0.6) is 0 Å². The number of thiol groups is 1. The summed E-state index contributed by atoms with van der Waals surface area (Å²) in [5.74, 6) is 0. The largest absolute Gasteiger partial charge is 0.382 e. The molecule has 0 saturated carbocycles. The van der Waals surface area contributed by atoms with Crippen LogP contribution in [0.15, 0.2) is 12.3 Å². The summed E-state index contributed by atoms with van der Waals surface area (Å²) < 4.78 is 0. The van der Waals surface area contributed by atoms with E-state index in [1.807, 2.05) is 0 Å². The van der Waals surface area contributed by atoms with Gasteiger partial charge in [0.05, 0.1) is 6.54 Å². The van der Waals surface area contributed by atoms with E-state index in [0.717, 1.165) is 6.54 Å². The van der Waals surface area contributed by atoms with Gasteiger partial charge in [0.2, 0.25) is 0 Å². The quantitative estimate of drug-likeness (QED) is 0.341. The summed E-state index contributed by atoms with van der Waals surface area (Å²) in [7, 11) is 0. The van der Waals surface area contributed by atoms with Gasteiger partial charge < -0.3 is 5.32 Å². The highest BCUT2D eigenvalue weighted by Crippen LogP contribution is 1.92. The fourth-order valence-electron chi connectivity index (χ4n) is 0.0625. The van der Waals surface area contributed by atoms with Gasteiger partial charge >= 0.3 is 0 Å². The second kappa shape index (κ2) is 3.09. The van der Waals surface area contributed by atoms with Crippen molar-refractivity contribution in [2.75, 3.05) is 12.8 Å². The van der Waals surface area contributed by atoms with Crippen molar-refractivity contribution in [2.24, 2.45) is 0 Å². The predicted molar refractivity (Wildman–Crippen MR) is 32.1 cm³/mol.